The maximum absolute atomic E-state index is 12.0. The Morgan fingerprint density at radius 1 is 0.667 bits per heavy atom. The van der Waals surface area contributed by atoms with Gasteiger partial charge in [-0.3, -0.25) is 9.59 Å². The molecular formula is C25H32O2. The topological polar surface area (TPSA) is 34.1 Å². The van der Waals surface area contributed by atoms with E-state index in [0.29, 0.717) is 6.42 Å². The predicted octanol–water partition coefficient (Wildman–Crippen LogP) is 6.11. The fourth-order valence-electron chi connectivity index (χ4n) is 3.76. The first-order valence-electron chi connectivity index (χ1n) is 9.57. The van der Waals surface area contributed by atoms with Crippen molar-refractivity contribution in [2.75, 3.05) is 0 Å². The summed E-state index contributed by atoms with van der Waals surface area (Å²) in [5.41, 5.74) is 7.64. The minimum absolute atomic E-state index is 0.117. The van der Waals surface area contributed by atoms with Crippen LogP contribution in [-0.4, -0.2) is 12.6 Å². The van der Waals surface area contributed by atoms with Crippen LogP contribution < -0.4 is 0 Å². The quantitative estimate of drug-likeness (QED) is 0.613. The average molecular weight is 365 g/mol. The zero-order valence-electron chi connectivity index (χ0n) is 18.0. The Hall–Kier alpha value is -2.22. The van der Waals surface area contributed by atoms with Crippen molar-refractivity contribution >= 4 is 12.6 Å². The highest BCUT2D eigenvalue weighted by atomic mass is 16.1. The van der Waals surface area contributed by atoms with E-state index in [0.717, 1.165) is 57.1 Å². The highest BCUT2D eigenvalue weighted by Gasteiger charge is 2.23. The van der Waals surface area contributed by atoms with Gasteiger partial charge in [0.05, 0.1) is 0 Å². The standard InChI is InChI=1S/C25H32O2/c1-16-9-18(20(14-26)22(11-16)24(3,4)5)13-19-10-17(2)12-23(21(19)15-27)25(6,7)8/h9-12,14-15H,13H2,1-8H3. The molecule has 0 saturated heterocycles. The van der Waals surface area contributed by atoms with Crippen LogP contribution in [0.15, 0.2) is 24.3 Å². The van der Waals surface area contributed by atoms with Gasteiger partial charge in [-0.1, -0.05) is 76.9 Å². The van der Waals surface area contributed by atoms with Crippen molar-refractivity contribution < 1.29 is 9.59 Å². The lowest BCUT2D eigenvalue weighted by Crippen LogP contribution is -2.18. The lowest BCUT2D eigenvalue weighted by molar-refractivity contribution is 0.111. The number of benzene rings is 2. The van der Waals surface area contributed by atoms with Crippen LogP contribution in [0.2, 0.25) is 0 Å². The number of hydrogen-bond donors (Lipinski definition) is 0. The predicted molar refractivity (Wildman–Crippen MR) is 113 cm³/mol. The van der Waals surface area contributed by atoms with Gasteiger partial charge in [0.2, 0.25) is 0 Å². The van der Waals surface area contributed by atoms with Gasteiger partial charge in [-0.25, -0.2) is 0 Å². The molecule has 2 heteroatoms. The third-order valence-corrected chi connectivity index (χ3v) is 5.05. The van der Waals surface area contributed by atoms with E-state index < -0.39 is 0 Å². The van der Waals surface area contributed by atoms with E-state index in [1.807, 2.05) is 0 Å². The highest BCUT2D eigenvalue weighted by Crippen LogP contribution is 2.33. The Morgan fingerprint density at radius 3 is 1.26 bits per heavy atom. The molecule has 0 bridgehead atoms. The van der Waals surface area contributed by atoms with Crippen molar-refractivity contribution in [1.82, 2.24) is 0 Å². The molecule has 27 heavy (non-hydrogen) atoms. The SMILES string of the molecule is Cc1cc(Cc2cc(C)cc(C(C)(C)C)c2C=O)c(C=O)c(C(C)(C)C)c1. The Kier molecular flexibility index (Phi) is 5.79. The van der Waals surface area contributed by atoms with Crippen LogP contribution in [0.25, 0.3) is 0 Å². The summed E-state index contributed by atoms with van der Waals surface area (Å²) in [5.74, 6) is 0. The fraction of sp³-hybridized carbons (Fsp3) is 0.440. The van der Waals surface area contributed by atoms with Gasteiger partial charge in [-0.2, -0.15) is 0 Å². The molecule has 0 heterocycles. The molecular weight excluding hydrogens is 332 g/mol. The normalized spacial score (nSPS) is 12.1. The summed E-state index contributed by atoms with van der Waals surface area (Å²) in [4.78, 5) is 23.9. The smallest absolute Gasteiger partial charge is 0.150 e. The van der Waals surface area contributed by atoms with Crippen molar-refractivity contribution in [3.8, 4) is 0 Å². The zero-order valence-corrected chi connectivity index (χ0v) is 18.0. The molecule has 0 unspecified atom stereocenters. The van der Waals surface area contributed by atoms with Crippen molar-refractivity contribution in [2.24, 2.45) is 0 Å². The van der Waals surface area contributed by atoms with Gasteiger partial charge >= 0.3 is 0 Å². The average Bonchev–Trinajstić information content (AvgIpc) is 2.52. The number of aryl methyl sites for hydroxylation is 2. The number of carbonyl (C=O) groups is 2. The van der Waals surface area contributed by atoms with E-state index in [2.05, 4.69) is 79.7 Å². The van der Waals surface area contributed by atoms with E-state index in [9.17, 15) is 9.59 Å². The molecule has 0 saturated carbocycles. The van der Waals surface area contributed by atoms with Crippen LogP contribution in [0.3, 0.4) is 0 Å². The molecule has 0 fully saturated rings. The summed E-state index contributed by atoms with van der Waals surface area (Å²) in [6.45, 7) is 16.9. The number of rotatable bonds is 4. The van der Waals surface area contributed by atoms with E-state index in [1.165, 1.54) is 0 Å². The molecule has 0 spiro atoms. The highest BCUT2D eigenvalue weighted by molar-refractivity contribution is 5.83. The first-order valence-corrected chi connectivity index (χ1v) is 9.57. The molecule has 2 nitrogen and oxygen atoms in total. The van der Waals surface area contributed by atoms with Crippen LogP contribution in [-0.2, 0) is 17.3 Å². The molecule has 2 rings (SSSR count). The second-order valence-corrected chi connectivity index (χ2v) is 9.68. The summed E-state index contributed by atoms with van der Waals surface area (Å²) in [6, 6.07) is 8.36. The Morgan fingerprint density at radius 2 is 1.00 bits per heavy atom. The van der Waals surface area contributed by atoms with E-state index in [-0.39, 0.29) is 10.8 Å². The summed E-state index contributed by atoms with van der Waals surface area (Å²) in [5, 5.41) is 0. The van der Waals surface area contributed by atoms with Crippen LogP contribution in [0, 0.1) is 13.8 Å². The maximum Gasteiger partial charge on any atom is 0.150 e. The largest absolute Gasteiger partial charge is 0.298 e. The molecule has 0 aliphatic rings. The van der Waals surface area contributed by atoms with Crippen molar-refractivity contribution in [3.63, 3.8) is 0 Å². The van der Waals surface area contributed by atoms with Crippen LogP contribution >= 0.6 is 0 Å². The number of aldehydes is 2. The molecule has 0 aromatic heterocycles. The van der Waals surface area contributed by atoms with Gasteiger partial charge in [-0.15, -0.1) is 0 Å². The third-order valence-electron chi connectivity index (χ3n) is 5.05. The molecule has 144 valence electrons. The third kappa shape index (κ3) is 4.55. The summed E-state index contributed by atoms with van der Waals surface area (Å²) in [6.07, 6.45) is 2.52. The maximum atomic E-state index is 12.0. The summed E-state index contributed by atoms with van der Waals surface area (Å²) < 4.78 is 0. The monoisotopic (exact) mass is 364 g/mol. The van der Waals surface area contributed by atoms with E-state index >= 15 is 0 Å². The molecule has 0 radical (unpaired) electrons. The van der Waals surface area contributed by atoms with E-state index in [4.69, 9.17) is 0 Å². The van der Waals surface area contributed by atoms with Gasteiger partial charge in [0.1, 0.15) is 0 Å². The van der Waals surface area contributed by atoms with Gasteiger partial charge in [0, 0.05) is 11.1 Å². The van der Waals surface area contributed by atoms with Gasteiger partial charge in [-0.05, 0) is 53.4 Å². The Labute approximate surface area is 164 Å². The Balaban J connectivity index is 2.71. The molecule has 2 aromatic carbocycles. The summed E-state index contributed by atoms with van der Waals surface area (Å²) in [7, 11) is 0. The van der Waals surface area contributed by atoms with E-state index in [1.54, 1.807) is 0 Å². The molecule has 0 N–H and O–H groups in total. The minimum Gasteiger partial charge on any atom is -0.298 e. The van der Waals surface area contributed by atoms with Gasteiger partial charge in [0.25, 0.3) is 0 Å². The van der Waals surface area contributed by atoms with Gasteiger partial charge < -0.3 is 0 Å². The van der Waals surface area contributed by atoms with Crippen molar-refractivity contribution in [1.29, 1.82) is 0 Å². The minimum atomic E-state index is -0.117. The first kappa shape index (κ1) is 21.1. The lowest BCUT2D eigenvalue weighted by Gasteiger charge is -2.26. The molecule has 0 amide bonds. The molecule has 0 aliphatic carbocycles. The fourth-order valence-corrected chi connectivity index (χ4v) is 3.76. The molecule has 2 aromatic rings. The lowest BCUT2D eigenvalue weighted by atomic mass is 9.78. The van der Waals surface area contributed by atoms with Crippen LogP contribution in [0.4, 0.5) is 0 Å². The van der Waals surface area contributed by atoms with Crippen LogP contribution in [0.1, 0.15) is 95.6 Å². The van der Waals surface area contributed by atoms with Crippen molar-refractivity contribution in [2.45, 2.75) is 72.6 Å². The molecule has 0 aliphatic heterocycles. The number of carbonyl (C=O) groups excluding carboxylic acids is 2. The second kappa shape index (κ2) is 7.42. The zero-order chi connectivity index (χ0) is 20.6. The second-order valence-electron chi connectivity index (χ2n) is 9.68. The Bertz CT molecular complexity index is 801. The van der Waals surface area contributed by atoms with Crippen LogP contribution in [0.5, 0.6) is 0 Å². The van der Waals surface area contributed by atoms with Crippen molar-refractivity contribution in [3.05, 3.63) is 68.8 Å². The molecule has 0 atom stereocenters. The number of hydrogen-bond acceptors (Lipinski definition) is 2. The first-order chi connectivity index (χ1) is 12.4. The van der Waals surface area contributed by atoms with Gasteiger partial charge in [0.15, 0.2) is 12.6 Å². The summed E-state index contributed by atoms with van der Waals surface area (Å²) >= 11 is 0.